The highest BCUT2D eigenvalue weighted by molar-refractivity contribution is 9.09. The van der Waals surface area contributed by atoms with E-state index in [0.717, 1.165) is 161 Å². The van der Waals surface area contributed by atoms with Gasteiger partial charge in [0.05, 0.1) is 39.7 Å². The van der Waals surface area contributed by atoms with E-state index in [0.29, 0.717) is 126 Å². The number of alkyl halides is 1. The molecule has 6 aromatic carbocycles. The molecule has 148 heavy (non-hydrogen) atoms. The molecule has 0 aliphatic heterocycles. The molecule has 3 aromatic heterocycles. The van der Waals surface area contributed by atoms with Crippen LogP contribution in [0.15, 0.2) is 146 Å². The molecule has 0 unspecified atom stereocenters. The third kappa shape index (κ3) is 41.5. The summed E-state index contributed by atoms with van der Waals surface area (Å²) in [5.41, 5.74) is 39.9. The van der Waals surface area contributed by atoms with Crippen molar-refractivity contribution in [2.75, 3.05) is 96.1 Å². The minimum Gasteiger partial charge on any atom is -0.444 e. The maximum absolute atomic E-state index is 12.0. The average molecular weight is 2110 g/mol. The summed E-state index contributed by atoms with van der Waals surface area (Å²) in [5, 5.41) is 66.4. The summed E-state index contributed by atoms with van der Waals surface area (Å²) in [7, 11) is 0. The highest BCUT2D eigenvalue weighted by Crippen LogP contribution is 2.37. The van der Waals surface area contributed by atoms with Gasteiger partial charge in [0.25, 0.3) is 0 Å². The molecule has 802 valence electrons. The Morgan fingerprint density at radius 1 is 0.392 bits per heavy atom. The fraction of sp³-hybridized carbons (Fsp3) is 0.481. The molecular formula is C106H150BrN25O16. The van der Waals surface area contributed by atoms with E-state index >= 15 is 0 Å². The molecule has 9 aromatic rings. The van der Waals surface area contributed by atoms with Crippen molar-refractivity contribution < 1.29 is 62.5 Å². The van der Waals surface area contributed by atoms with Gasteiger partial charge in [-0.2, -0.15) is 15.0 Å². The van der Waals surface area contributed by atoms with Gasteiger partial charge in [-0.05, 0) is 297 Å². The van der Waals surface area contributed by atoms with Crippen molar-refractivity contribution in [1.29, 1.82) is 0 Å². The van der Waals surface area contributed by atoms with Crippen LogP contribution in [0.25, 0.3) is 33.4 Å². The Morgan fingerprint density at radius 2 is 0.669 bits per heavy atom. The molecule has 42 heteroatoms. The van der Waals surface area contributed by atoms with E-state index in [1.54, 1.807) is 4.90 Å². The van der Waals surface area contributed by atoms with Crippen LogP contribution in [0.5, 0.6) is 0 Å². The molecule has 7 amide bonds. The van der Waals surface area contributed by atoms with E-state index < -0.39 is 67.6 Å². The molecule has 3 fully saturated rings. The van der Waals surface area contributed by atoms with Crippen molar-refractivity contribution in [3.8, 4) is 33.4 Å². The molecule has 3 aliphatic carbocycles. The van der Waals surface area contributed by atoms with Crippen LogP contribution in [0.2, 0.25) is 0 Å². The van der Waals surface area contributed by atoms with Crippen LogP contribution >= 0.6 is 15.9 Å². The van der Waals surface area contributed by atoms with Gasteiger partial charge >= 0.3 is 35.3 Å². The number of carbonyl (C=O) groups is 7. The first kappa shape index (κ1) is 121. The number of aromatic nitrogens is 6. The molecule has 20 N–H and O–H groups in total. The average Bonchev–Trinajstić information content (AvgIpc) is 0.818. The molecule has 0 bridgehead atoms. The van der Waals surface area contributed by atoms with Gasteiger partial charge in [-0.15, -0.1) is 0 Å². The maximum atomic E-state index is 12.0. The van der Waals surface area contributed by atoms with Gasteiger partial charge in [-0.1, -0.05) is 140 Å². The highest BCUT2D eigenvalue weighted by Gasteiger charge is 2.31. The molecule has 41 nitrogen and oxygen atoms in total. The number of nitro groups is 3. The first-order valence-electron chi connectivity index (χ1n) is 49.1. The monoisotopic (exact) mass is 2110 g/mol. The van der Waals surface area contributed by atoms with Gasteiger partial charge in [0, 0.05) is 78.5 Å². The second-order valence-corrected chi connectivity index (χ2v) is 40.4. The first-order valence-corrected chi connectivity index (χ1v) is 50.2. The Hall–Kier alpha value is -14.4. The molecule has 0 atom stereocenters. The zero-order valence-corrected chi connectivity index (χ0v) is 87.0. The van der Waals surface area contributed by atoms with Gasteiger partial charge in [-0.25, -0.2) is 29.3 Å². The number of hydrogen-bond acceptors (Lipinski definition) is 31. The fourth-order valence-corrected chi connectivity index (χ4v) is 17.3. The number of benzene rings is 6. The van der Waals surface area contributed by atoms with Crippen molar-refractivity contribution in [2.24, 2.45) is 64.2 Å². The third-order valence-electron chi connectivity index (χ3n) is 24.8. The van der Waals surface area contributed by atoms with Gasteiger partial charge in [0.2, 0.25) is 58.9 Å². The van der Waals surface area contributed by atoms with Crippen LogP contribution in [-0.2, 0) is 72.7 Å². The number of ether oxygens (including phenoxy) is 3. The van der Waals surface area contributed by atoms with E-state index in [9.17, 15) is 63.9 Å². The summed E-state index contributed by atoms with van der Waals surface area (Å²) >= 11 is 2.84. The molecule has 3 aliphatic rings. The molecule has 0 spiro atoms. The Kier molecular flexibility index (Phi) is 47.9. The van der Waals surface area contributed by atoms with Crippen molar-refractivity contribution in [3.05, 3.63) is 226 Å². The normalized spacial score (nSPS) is 15.8. The lowest BCUT2D eigenvalue weighted by atomic mass is 9.82. The van der Waals surface area contributed by atoms with E-state index in [-0.39, 0.29) is 86.2 Å². The number of alkyl carbamates (subject to hydrolysis) is 3. The molecule has 0 radical (unpaired) electrons. The highest BCUT2D eigenvalue weighted by atomic mass is 79.9. The number of amides is 7. The fourth-order valence-electron chi connectivity index (χ4n) is 17.3. The van der Waals surface area contributed by atoms with E-state index in [1.807, 2.05) is 166 Å². The Balaban J connectivity index is 0.000000292. The van der Waals surface area contributed by atoms with E-state index in [2.05, 4.69) is 149 Å². The second-order valence-electron chi connectivity index (χ2n) is 39.9. The van der Waals surface area contributed by atoms with Crippen LogP contribution in [0, 0.1) is 86.6 Å². The Morgan fingerprint density at radius 3 is 0.946 bits per heavy atom. The number of halogens is 1. The van der Waals surface area contributed by atoms with Gasteiger partial charge in [-0.3, -0.25) is 54.4 Å². The first-order chi connectivity index (χ1) is 69.3. The summed E-state index contributed by atoms with van der Waals surface area (Å²) < 4.78 is 16.0. The standard InChI is InChI=1S/C36H49N9O6.C34H46N8O5.C32H43N7O4.C2H4BrNO.2CH4/c1-23-28(9-6-10-29(23)27-8-5-7-26(15-27)20-44(21-31(37)46)22-32(38)47)18-40-34-41-19-30(45(49)50)33(43-34)39-16-24-11-13-25(14-12-24)17-42-35(48)51-36(2,3)4;1-22-27(9-6-10-28(22)26-8-5-7-25(15-26)16-36-21-30(35)43)19-38-32-39-20-29(42(45)46)31(41-32)37-17-23-11-13-24(14-12-23)18-40-33(44)47-34(2,3)4;1-21-26(9-6-10-27(21)25-8-5-7-24(15-25)16-33)19-35-30-36-20-28(39(41)42)29(38-30)34-17-22-11-13-23(14-12-22)18-37-31(40)43-32(2,3)4;3-1-2(4)5;;/h5-10,15,19,24-25H,11-14,16-18,20-22H2,1-4H3,(H2,37,46)(H2,38,47)(H,42,48)(H2,39,40,41,43);5-10,15,20,23-24,36H,11-14,16-19,21H2,1-4H3,(H2,35,43)(H,40,44)(H2,37,38,39,41);5-10,15,20,22-23H,11-14,16-19,33H2,1-4H3,(H,37,40)(H2,34,35,36,38);1H2,(H2,4,5);2*1H4. The van der Waals surface area contributed by atoms with Crippen LogP contribution in [0.1, 0.15) is 204 Å². The summed E-state index contributed by atoms with van der Waals surface area (Å²) in [5.74, 6) is 1.73. The minimum atomic E-state index is -0.548. The van der Waals surface area contributed by atoms with Crippen molar-refractivity contribution in [1.82, 2.24) is 56.1 Å². The number of anilines is 6. The number of primary amides is 4. The van der Waals surface area contributed by atoms with E-state index in [1.165, 1.54) is 18.6 Å². The van der Waals surface area contributed by atoms with Gasteiger partial charge < -0.3 is 96.0 Å². The predicted octanol–water partition coefficient (Wildman–Crippen LogP) is 17.1. The lowest BCUT2D eigenvalue weighted by molar-refractivity contribution is -0.384. The number of nitrogens with zero attached hydrogens (tertiary/aromatic N) is 10. The topological polar surface area (TPSA) is 608 Å². The van der Waals surface area contributed by atoms with Crippen LogP contribution in [0.4, 0.5) is 66.7 Å². The summed E-state index contributed by atoms with van der Waals surface area (Å²) in [6.45, 7) is 28.6. The van der Waals surface area contributed by atoms with Crippen molar-refractivity contribution in [3.63, 3.8) is 0 Å². The van der Waals surface area contributed by atoms with E-state index in [4.69, 9.17) is 37.1 Å². The summed E-state index contributed by atoms with van der Waals surface area (Å²) in [6, 6.07) is 42.3. The summed E-state index contributed by atoms with van der Waals surface area (Å²) in [4.78, 5) is 141. The number of carbonyl (C=O) groups excluding carboxylic acids is 7. The quantitative estimate of drug-likeness (QED) is 0.00731. The third-order valence-corrected chi connectivity index (χ3v) is 25.4. The van der Waals surface area contributed by atoms with Crippen LogP contribution in [0.3, 0.4) is 0 Å². The predicted molar refractivity (Wildman–Crippen MR) is 581 cm³/mol. The lowest BCUT2D eigenvalue weighted by Gasteiger charge is -2.29. The SMILES string of the molecule is C.C.Cc1c(CNc2ncc([N+](=O)[O-])c(NCC3CCC(CNC(=O)OC(C)(C)C)CC3)n2)cccc1-c1cccc(CN(CC(N)=O)CC(N)=O)c1.Cc1c(CNc2ncc([N+](=O)[O-])c(NCC3CCC(CNC(=O)OC(C)(C)C)CC3)n2)cccc1-c1cccc(CN)c1.Cc1c(CNc2ncc([N+](=O)[O-])c(NCC3CCC(CNC(=O)OC(C)(C)C)CC3)n2)cccc1-c1cccc(CNCC(N)=O)c1.NC(=O)CBr. The smallest absolute Gasteiger partial charge is 0.407 e. The molecule has 3 heterocycles. The zero-order valence-electron chi connectivity index (χ0n) is 85.4. The summed E-state index contributed by atoms with van der Waals surface area (Å²) in [6.07, 6.45) is 13.9. The van der Waals surface area contributed by atoms with Gasteiger partial charge in [0.1, 0.15) is 35.4 Å². The zero-order chi connectivity index (χ0) is 106. The minimum absolute atomic E-state index is 0. The maximum Gasteiger partial charge on any atom is 0.407 e. The largest absolute Gasteiger partial charge is 0.444 e. The number of nitrogens with one attached hydrogen (secondary N) is 10. The number of hydrogen-bond donors (Lipinski definition) is 15. The number of rotatable bonds is 42. The van der Waals surface area contributed by atoms with Crippen LogP contribution in [-0.4, -0.2) is 173 Å². The molecule has 12 rings (SSSR count). The number of nitrogens with two attached hydrogens (primary N) is 5. The van der Waals surface area contributed by atoms with Crippen molar-refractivity contribution >= 4 is 110 Å². The molecule has 0 saturated heterocycles. The van der Waals surface area contributed by atoms with Gasteiger partial charge in [0.15, 0.2) is 0 Å². The second kappa shape index (κ2) is 58.8. The van der Waals surface area contributed by atoms with Crippen molar-refractivity contribution in [2.45, 2.75) is 231 Å². The lowest BCUT2D eigenvalue weighted by Crippen LogP contribution is -2.39. The Bertz CT molecular complexity index is 5900. The van der Waals surface area contributed by atoms with Crippen LogP contribution < -0.4 is 81.8 Å². The Labute approximate surface area is 875 Å². The molecular weight excluding hydrogens is 1960 g/mol. The molecule has 3 saturated carbocycles.